The van der Waals surface area contributed by atoms with E-state index in [1.807, 2.05) is 36.9 Å². The quantitative estimate of drug-likeness (QED) is 0.284. The lowest BCUT2D eigenvalue weighted by molar-refractivity contribution is 0.0741. The van der Waals surface area contributed by atoms with Crippen molar-refractivity contribution in [2.45, 2.75) is 59.9 Å². The lowest BCUT2D eigenvalue weighted by Gasteiger charge is -2.27. The summed E-state index contributed by atoms with van der Waals surface area (Å²) < 4.78 is 12.0. The summed E-state index contributed by atoms with van der Waals surface area (Å²) in [6.07, 6.45) is 2.77. The first-order valence-corrected chi connectivity index (χ1v) is 13.4. The average molecular weight is 526 g/mol. The number of aromatic hydroxyl groups is 1. The largest absolute Gasteiger partial charge is 0.507 e. The number of nitrogens with one attached hydrogen (secondary N) is 1. The highest BCUT2D eigenvalue weighted by molar-refractivity contribution is 6.31. The van der Waals surface area contributed by atoms with Gasteiger partial charge in [0.1, 0.15) is 17.1 Å². The third-order valence-electron chi connectivity index (χ3n) is 6.68. The van der Waals surface area contributed by atoms with Crippen molar-refractivity contribution in [1.82, 2.24) is 15.1 Å². The van der Waals surface area contributed by atoms with E-state index in [4.69, 9.17) is 21.1 Å². The molecule has 0 spiro atoms. The van der Waals surface area contributed by atoms with Gasteiger partial charge < -0.3 is 19.5 Å². The molecule has 2 N–H and O–H groups in total. The number of nitrogens with zero attached hydrogens (tertiary/aromatic N) is 2. The first-order valence-electron chi connectivity index (χ1n) is 13.0. The summed E-state index contributed by atoms with van der Waals surface area (Å²) in [6.45, 7) is 11.9. The zero-order valence-electron chi connectivity index (χ0n) is 22.2. The molecular weight excluding hydrogens is 490 g/mol. The van der Waals surface area contributed by atoms with Crippen molar-refractivity contribution < 1.29 is 19.4 Å². The number of phenolic OH excluding ortho intramolecular Hbond substituents is 1. The van der Waals surface area contributed by atoms with Crippen molar-refractivity contribution in [2.75, 3.05) is 19.8 Å². The molecule has 0 aliphatic carbocycles. The average Bonchev–Trinajstić information content (AvgIpc) is 3.39. The van der Waals surface area contributed by atoms with Crippen LogP contribution in [0.15, 0.2) is 30.3 Å². The van der Waals surface area contributed by atoms with Gasteiger partial charge in [-0.15, -0.1) is 0 Å². The van der Waals surface area contributed by atoms with Crippen molar-refractivity contribution >= 4 is 17.5 Å². The van der Waals surface area contributed by atoms with Crippen LogP contribution in [-0.2, 0) is 0 Å². The van der Waals surface area contributed by atoms with Crippen LogP contribution in [0, 0.1) is 12.8 Å². The summed E-state index contributed by atoms with van der Waals surface area (Å²) in [7, 11) is 0. The molecule has 7 nitrogen and oxygen atoms in total. The maximum Gasteiger partial charge on any atom is 0.273 e. The molecule has 0 fully saturated rings. The van der Waals surface area contributed by atoms with Crippen molar-refractivity contribution in [3.05, 3.63) is 57.7 Å². The van der Waals surface area contributed by atoms with Gasteiger partial charge in [0.05, 0.1) is 19.3 Å². The number of phenols is 1. The zero-order chi connectivity index (χ0) is 26.7. The highest BCUT2D eigenvalue weighted by Gasteiger charge is 2.42. The monoisotopic (exact) mass is 525 g/mol. The Hall–Kier alpha value is -3.19. The molecule has 1 unspecified atom stereocenters. The van der Waals surface area contributed by atoms with Crippen LogP contribution in [0.3, 0.4) is 0 Å². The van der Waals surface area contributed by atoms with Crippen LogP contribution >= 0.6 is 11.6 Å². The number of unbranched alkanes of at least 4 members (excludes halogenated alkanes) is 1. The summed E-state index contributed by atoms with van der Waals surface area (Å²) in [5, 5.41) is 18.7. The minimum Gasteiger partial charge on any atom is -0.507 e. The van der Waals surface area contributed by atoms with Crippen LogP contribution in [0.1, 0.15) is 80.2 Å². The van der Waals surface area contributed by atoms with Gasteiger partial charge in [-0.05, 0) is 68.0 Å². The van der Waals surface area contributed by atoms with Crippen molar-refractivity contribution in [2.24, 2.45) is 5.92 Å². The van der Waals surface area contributed by atoms with Gasteiger partial charge in [0, 0.05) is 22.7 Å². The molecule has 2 heterocycles. The summed E-state index contributed by atoms with van der Waals surface area (Å²) in [5.74, 6) is 1.83. The predicted molar refractivity (Wildman–Crippen MR) is 146 cm³/mol. The number of carbonyl (C=O) groups excluding carboxylic acids is 1. The number of carbonyl (C=O) groups is 1. The Labute approximate surface area is 223 Å². The van der Waals surface area contributed by atoms with Crippen LogP contribution in [0.25, 0.3) is 11.3 Å². The number of H-pyrrole nitrogens is 1. The Bertz CT molecular complexity index is 1270. The second kappa shape index (κ2) is 11.5. The number of rotatable bonds is 11. The number of hydrogen-bond donors (Lipinski definition) is 2. The molecule has 0 saturated carbocycles. The van der Waals surface area contributed by atoms with E-state index in [1.165, 1.54) is 0 Å². The van der Waals surface area contributed by atoms with Crippen LogP contribution in [0.4, 0.5) is 0 Å². The van der Waals surface area contributed by atoms with Gasteiger partial charge >= 0.3 is 0 Å². The first kappa shape index (κ1) is 26.9. The summed E-state index contributed by atoms with van der Waals surface area (Å²) in [4.78, 5) is 15.4. The van der Waals surface area contributed by atoms with Gasteiger partial charge in [0.15, 0.2) is 11.5 Å². The van der Waals surface area contributed by atoms with Gasteiger partial charge in [-0.1, -0.05) is 44.9 Å². The van der Waals surface area contributed by atoms with E-state index >= 15 is 0 Å². The van der Waals surface area contributed by atoms with E-state index in [2.05, 4.69) is 31.0 Å². The molecule has 37 heavy (non-hydrogen) atoms. The molecule has 0 radical (unpaired) electrons. The number of hydrogen-bond acceptors (Lipinski definition) is 5. The minimum atomic E-state index is -0.397. The molecule has 8 heteroatoms. The molecule has 1 aliphatic heterocycles. The first-order chi connectivity index (χ1) is 17.8. The lowest BCUT2D eigenvalue weighted by Crippen LogP contribution is -2.30. The standard InChI is InChI=1S/C29H36ClN3O4/c1-6-8-12-33-28(19-9-10-23(24(15-19)36-7-2)37-13-11-17(3)4)25-26(31-32-27(25)29(33)35)20-16-21(30)18(5)14-22(20)34/h9-10,14-17,28,34H,6-8,11-13H2,1-5H3,(H,31,32). The number of aromatic nitrogens is 2. The summed E-state index contributed by atoms with van der Waals surface area (Å²) in [6, 6.07) is 8.79. The summed E-state index contributed by atoms with van der Waals surface area (Å²) in [5.41, 5.74) is 3.82. The van der Waals surface area contributed by atoms with E-state index in [1.54, 1.807) is 12.1 Å². The molecule has 1 aliphatic rings. The number of amides is 1. The Kier molecular flexibility index (Phi) is 8.32. The lowest BCUT2D eigenvalue weighted by atomic mass is 9.95. The normalized spacial score (nSPS) is 14.9. The maximum absolute atomic E-state index is 13.5. The maximum atomic E-state index is 13.5. The number of aromatic amines is 1. The molecule has 3 aromatic rings. The minimum absolute atomic E-state index is 0.0679. The van der Waals surface area contributed by atoms with Gasteiger partial charge in [-0.2, -0.15) is 5.10 Å². The van der Waals surface area contributed by atoms with E-state index < -0.39 is 6.04 Å². The highest BCUT2D eigenvalue weighted by Crippen LogP contribution is 2.46. The van der Waals surface area contributed by atoms with Crippen LogP contribution in [0.5, 0.6) is 17.2 Å². The van der Waals surface area contributed by atoms with Crippen LogP contribution < -0.4 is 9.47 Å². The van der Waals surface area contributed by atoms with E-state index in [-0.39, 0.29) is 11.7 Å². The van der Waals surface area contributed by atoms with Crippen molar-refractivity contribution in [3.63, 3.8) is 0 Å². The molecule has 198 valence electrons. The molecule has 2 aromatic carbocycles. The van der Waals surface area contributed by atoms with Crippen molar-refractivity contribution in [3.8, 4) is 28.5 Å². The van der Waals surface area contributed by atoms with Gasteiger partial charge in [0.25, 0.3) is 5.91 Å². The second-order valence-electron chi connectivity index (χ2n) is 9.90. The molecular formula is C29H36ClN3O4. The van der Waals surface area contributed by atoms with E-state index in [0.717, 1.165) is 36.0 Å². The zero-order valence-corrected chi connectivity index (χ0v) is 23.0. The molecule has 4 rings (SSSR count). The van der Waals surface area contributed by atoms with E-state index in [9.17, 15) is 9.90 Å². The topological polar surface area (TPSA) is 87.7 Å². The highest BCUT2D eigenvalue weighted by atomic mass is 35.5. The molecule has 1 amide bonds. The smallest absolute Gasteiger partial charge is 0.273 e. The number of aryl methyl sites for hydroxylation is 1. The fraction of sp³-hybridized carbons (Fsp3) is 0.448. The third kappa shape index (κ3) is 5.42. The molecule has 1 atom stereocenters. The van der Waals surface area contributed by atoms with Gasteiger partial charge in [-0.25, -0.2) is 0 Å². The molecule has 0 saturated heterocycles. The Morgan fingerprint density at radius 2 is 1.95 bits per heavy atom. The van der Waals surface area contributed by atoms with E-state index in [0.29, 0.717) is 59.1 Å². The van der Waals surface area contributed by atoms with Gasteiger partial charge in [-0.3, -0.25) is 9.89 Å². The predicted octanol–water partition coefficient (Wildman–Crippen LogP) is 6.91. The summed E-state index contributed by atoms with van der Waals surface area (Å²) >= 11 is 6.41. The molecule has 0 bridgehead atoms. The number of benzene rings is 2. The fourth-order valence-corrected chi connectivity index (χ4v) is 4.81. The van der Waals surface area contributed by atoms with Crippen LogP contribution in [0.2, 0.25) is 5.02 Å². The van der Waals surface area contributed by atoms with Gasteiger partial charge in [0.2, 0.25) is 0 Å². The SMILES string of the molecule is CCCCN1C(=O)c2[nH]nc(-c3cc(Cl)c(C)cc3O)c2C1c1ccc(OCCC(C)C)c(OCC)c1. The van der Waals surface area contributed by atoms with Crippen molar-refractivity contribution in [1.29, 1.82) is 0 Å². The Morgan fingerprint density at radius 3 is 2.65 bits per heavy atom. The molecule has 1 aromatic heterocycles. The second-order valence-corrected chi connectivity index (χ2v) is 10.3. The number of fused-ring (bicyclic) bond motifs is 1. The Balaban J connectivity index is 1.81. The number of halogens is 1. The number of ether oxygens (including phenoxy) is 2. The Morgan fingerprint density at radius 1 is 1.16 bits per heavy atom. The van der Waals surface area contributed by atoms with Crippen LogP contribution in [-0.4, -0.2) is 45.9 Å². The third-order valence-corrected chi connectivity index (χ3v) is 7.09. The fourth-order valence-electron chi connectivity index (χ4n) is 4.65.